The van der Waals surface area contributed by atoms with E-state index in [0.29, 0.717) is 13.0 Å². The second kappa shape index (κ2) is 9.46. The summed E-state index contributed by atoms with van der Waals surface area (Å²) in [6.07, 6.45) is 2.60. The van der Waals surface area contributed by atoms with Gasteiger partial charge in [0, 0.05) is 31.1 Å². The molecule has 0 fully saturated rings. The molecule has 5 N–H and O–H groups in total. The van der Waals surface area contributed by atoms with Gasteiger partial charge in [0.05, 0.1) is 12.6 Å². The number of rotatable bonds is 10. The highest BCUT2D eigenvalue weighted by Gasteiger charge is 2.19. The van der Waals surface area contributed by atoms with E-state index in [1.54, 1.807) is 7.11 Å². The SMILES string of the molecule is COc1cccc2c1ccn2CCC(=O)N[C@@H](CCCNC(N)=O)C(=O)O. The number of methoxy groups -OCH3 is 1. The van der Waals surface area contributed by atoms with Crippen LogP contribution in [-0.4, -0.2) is 47.3 Å². The molecule has 1 atom stereocenters. The van der Waals surface area contributed by atoms with Crippen molar-refractivity contribution in [2.45, 2.75) is 31.8 Å². The predicted octanol–water partition coefficient (Wildman–Crippen LogP) is 1.06. The Morgan fingerprint density at radius 3 is 2.74 bits per heavy atom. The molecule has 0 radical (unpaired) electrons. The minimum Gasteiger partial charge on any atom is -0.496 e. The normalized spacial score (nSPS) is 11.7. The van der Waals surface area contributed by atoms with Crippen molar-refractivity contribution >= 4 is 28.8 Å². The average molecular weight is 376 g/mol. The minimum absolute atomic E-state index is 0.143. The number of hydrogen-bond acceptors (Lipinski definition) is 4. The van der Waals surface area contributed by atoms with Crippen LogP contribution in [0.2, 0.25) is 0 Å². The smallest absolute Gasteiger partial charge is 0.326 e. The fraction of sp³-hybridized carbons (Fsp3) is 0.389. The van der Waals surface area contributed by atoms with Crippen LogP contribution in [0, 0.1) is 0 Å². The van der Waals surface area contributed by atoms with E-state index in [-0.39, 0.29) is 25.3 Å². The molecule has 0 aliphatic heterocycles. The second-order valence-electron chi connectivity index (χ2n) is 6.04. The van der Waals surface area contributed by atoms with Gasteiger partial charge in [0.15, 0.2) is 0 Å². The predicted molar refractivity (Wildman–Crippen MR) is 99.5 cm³/mol. The first-order valence-corrected chi connectivity index (χ1v) is 8.59. The van der Waals surface area contributed by atoms with Crippen molar-refractivity contribution < 1.29 is 24.2 Å². The Kier molecular flexibility index (Phi) is 7.04. The summed E-state index contributed by atoms with van der Waals surface area (Å²) in [5, 5.41) is 15.1. The average Bonchev–Trinajstić information content (AvgIpc) is 3.05. The number of fused-ring (bicyclic) bond motifs is 1. The van der Waals surface area contributed by atoms with E-state index >= 15 is 0 Å². The van der Waals surface area contributed by atoms with Crippen LogP contribution in [0.15, 0.2) is 30.5 Å². The summed E-state index contributed by atoms with van der Waals surface area (Å²) in [5.41, 5.74) is 5.89. The number of aliphatic carboxylic acids is 1. The summed E-state index contributed by atoms with van der Waals surface area (Å²) in [6, 6.07) is 5.91. The molecule has 2 rings (SSSR count). The number of primary amides is 1. The molecule has 27 heavy (non-hydrogen) atoms. The van der Waals surface area contributed by atoms with Crippen LogP contribution in [0.5, 0.6) is 5.75 Å². The third-order valence-corrected chi connectivity index (χ3v) is 4.18. The number of nitrogens with zero attached hydrogens (tertiary/aromatic N) is 1. The van der Waals surface area contributed by atoms with Gasteiger partial charge in [-0.25, -0.2) is 9.59 Å². The van der Waals surface area contributed by atoms with Gasteiger partial charge in [-0.15, -0.1) is 0 Å². The molecule has 0 unspecified atom stereocenters. The molecule has 1 heterocycles. The third kappa shape index (κ3) is 5.63. The lowest BCUT2D eigenvalue weighted by molar-refractivity contribution is -0.142. The number of benzene rings is 1. The molecule has 2 aromatic rings. The van der Waals surface area contributed by atoms with E-state index in [9.17, 15) is 19.5 Å². The number of urea groups is 1. The molecule has 0 saturated carbocycles. The Morgan fingerprint density at radius 2 is 2.07 bits per heavy atom. The van der Waals surface area contributed by atoms with Crippen LogP contribution in [0.3, 0.4) is 0 Å². The monoisotopic (exact) mass is 376 g/mol. The van der Waals surface area contributed by atoms with E-state index in [4.69, 9.17) is 10.5 Å². The summed E-state index contributed by atoms with van der Waals surface area (Å²) in [4.78, 5) is 34.0. The van der Waals surface area contributed by atoms with Gasteiger partial charge in [0.1, 0.15) is 11.8 Å². The zero-order chi connectivity index (χ0) is 19.8. The number of carboxylic acid groups (broad SMARTS) is 1. The molecule has 1 aromatic heterocycles. The Labute approximate surface area is 156 Å². The van der Waals surface area contributed by atoms with Crippen LogP contribution in [0.4, 0.5) is 4.79 Å². The van der Waals surface area contributed by atoms with E-state index in [1.165, 1.54) is 0 Å². The van der Waals surface area contributed by atoms with Crippen LogP contribution >= 0.6 is 0 Å². The van der Waals surface area contributed by atoms with Crippen molar-refractivity contribution in [3.05, 3.63) is 30.5 Å². The number of carbonyl (C=O) groups is 3. The number of carboxylic acids is 1. The van der Waals surface area contributed by atoms with E-state index in [1.807, 2.05) is 35.0 Å². The van der Waals surface area contributed by atoms with E-state index < -0.39 is 18.0 Å². The van der Waals surface area contributed by atoms with Crippen molar-refractivity contribution in [1.29, 1.82) is 0 Å². The molecule has 9 heteroatoms. The standard InChI is InChI=1S/C18H24N4O5/c1-27-15-6-2-5-14-12(15)7-10-22(14)11-8-16(23)21-13(17(24)25)4-3-9-20-18(19)26/h2,5-7,10,13H,3-4,8-9,11H2,1H3,(H,21,23)(H,24,25)(H3,19,20,26)/t13-/m0/s1. The first-order chi connectivity index (χ1) is 12.9. The lowest BCUT2D eigenvalue weighted by Crippen LogP contribution is -2.41. The fourth-order valence-corrected chi connectivity index (χ4v) is 2.83. The summed E-state index contributed by atoms with van der Waals surface area (Å²) < 4.78 is 7.24. The highest BCUT2D eigenvalue weighted by atomic mass is 16.5. The summed E-state index contributed by atoms with van der Waals surface area (Å²) in [5.74, 6) is -0.709. The maximum atomic E-state index is 12.2. The maximum absolute atomic E-state index is 12.2. The van der Waals surface area contributed by atoms with Crippen LogP contribution < -0.4 is 21.1 Å². The van der Waals surface area contributed by atoms with Gasteiger partial charge in [-0.3, -0.25) is 4.79 Å². The van der Waals surface area contributed by atoms with Gasteiger partial charge >= 0.3 is 12.0 Å². The van der Waals surface area contributed by atoms with Gasteiger partial charge in [0.25, 0.3) is 0 Å². The van der Waals surface area contributed by atoms with Crippen LogP contribution in [-0.2, 0) is 16.1 Å². The first kappa shape index (κ1) is 20.1. The molecule has 0 spiro atoms. The number of nitrogens with two attached hydrogens (primary N) is 1. The quantitative estimate of drug-likeness (QED) is 0.460. The number of aromatic nitrogens is 1. The topological polar surface area (TPSA) is 136 Å². The summed E-state index contributed by atoms with van der Waals surface area (Å²) in [6.45, 7) is 0.671. The molecular formula is C18H24N4O5. The molecule has 9 nitrogen and oxygen atoms in total. The summed E-state index contributed by atoms with van der Waals surface area (Å²) in [7, 11) is 1.60. The molecule has 146 valence electrons. The number of ether oxygens (including phenoxy) is 1. The molecule has 0 aliphatic carbocycles. The number of nitrogens with one attached hydrogen (secondary N) is 2. The van der Waals surface area contributed by atoms with Gasteiger partial charge in [-0.05, 0) is 31.0 Å². The molecule has 0 bridgehead atoms. The number of amides is 3. The van der Waals surface area contributed by atoms with Crippen molar-refractivity contribution in [2.75, 3.05) is 13.7 Å². The molecule has 3 amide bonds. The van der Waals surface area contributed by atoms with Crippen LogP contribution in [0.1, 0.15) is 19.3 Å². The van der Waals surface area contributed by atoms with E-state index in [2.05, 4.69) is 10.6 Å². The molecule has 0 aliphatic rings. The largest absolute Gasteiger partial charge is 0.496 e. The van der Waals surface area contributed by atoms with Crippen molar-refractivity contribution in [3.8, 4) is 5.75 Å². The molecule has 0 saturated heterocycles. The van der Waals surface area contributed by atoms with Crippen LogP contribution in [0.25, 0.3) is 10.9 Å². The highest BCUT2D eigenvalue weighted by molar-refractivity contribution is 5.87. The first-order valence-electron chi connectivity index (χ1n) is 8.59. The Balaban J connectivity index is 1.89. The number of hydrogen-bond donors (Lipinski definition) is 4. The number of carbonyl (C=O) groups excluding carboxylic acids is 2. The zero-order valence-corrected chi connectivity index (χ0v) is 15.1. The Morgan fingerprint density at radius 1 is 1.30 bits per heavy atom. The molecule has 1 aromatic carbocycles. The van der Waals surface area contributed by atoms with Crippen molar-refractivity contribution in [3.63, 3.8) is 0 Å². The highest BCUT2D eigenvalue weighted by Crippen LogP contribution is 2.26. The number of aryl methyl sites for hydroxylation is 1. The zero-order valence-electron chi connectivity index (χ0n) is 15.1. The molecular weight excluding hydrogens is 352 g/mol. The lowest BCUT2D eigenvalue weighted by Gasteiger charge is -2.15. The van der Waals surface area contributed by atoms with E-state index in [0.717, 1.165) is 16.7 Å². The Bertz CT molecular complexity index is 817. The van der Waals surface area contributed by atoms with Gasteiger partial charge in [0.2, 0.25) is 5.91 Å². The fourth-order valence-electron chi connectivity index (χ4n) is 2.83. The van der Waals surface area contributed by atoms with Gasteiger partial charge < -0.3 is 30.8 Å². The minimum atomic E-state index is -1.11. The maximum Gasteiger partial charge on any atom is 0.326 e. The van der Waals surface area contributed by atoms with Crippen molar-refractivity contribution in [2.24, 2.45) is 5.73 Å². The third-order valence-electron chi connectivity index (χ3n) is 4.18. The second-order valence-corrected chi connectivity index (χ2v) is 6.04. The van der Waals surface area contributed by atoms with Crippen molar-refractivity contribution in [1.82, 2.24) is 15.2 Å². The Hall–Kier alpha value is -3.23. The summed E-state index contributed by atoms with van der Waals surface area (Å²) >= 11 is 0. The lowest BCUT2D eigenvalue weighted by atomic mass is 10.1. The van der Waals surface area contributed by atoms with Gasteiger partial charge in [-0.1, -0.05) is 6.07 Å². The van der Waals surface area contributed by atoms with Gasteiger partial charge in [-0.2, -0.15) is 0 Å².